The molecule has 6 nitrogen and oxygen atoms in total. The molecule has 2 fully saturated rings. The van der Waals surface area contributed by atoms with Crippen LogP contribution in [0.25, 0.3) is 0 Å². The molecule has 1 saturated heterocycles. The van der Waals surface area contributed by atoms with Gasteiger partial charge in [0.15, 0.2) is 6.54 Å². The van der Waals surface area contributed by atoms with E-state index in [1.54, 1.807) is 24.3 Å². The SMILES string of the molecule is O=C(C[NH2+]C1CC1)Nc1cccc(S(=O)(=O)N2CCCCC2)c1. The summed E-state index contributed by atoms with van der Waals surface area (Å²) in [7, 11) is -3.46. The molecule has 126 valence electrons. The summed E-state index contributed by atoms with van der Waals surface area (Å²) >= 11 is 0. The van der Waals surface area contributed by atoms with Crippen LogP contribution in [0.2, 0.25) is 0 Å². The van der Waals surface area contributed by atoms with Crippen LogP contribution in [0.4, 0.5) is 5.69 Å². The monoisotopic (exact) mass is 338 g/mol. The van der Waals surface area contributed by atoms with E-state index in [0.717, 1.165) is 19.3 Å². The highest BCUT2D eigenvalue weighted by Crippen LogP contribution is 2.22. The molecule has 1 aromatic carbocycles. The fourth-order valence-electron chi connectivity index (χ4n) is 2.81. The Kier molecular flexibility index (Phi) is 4.99. The summed E-state index contributed by atoms with van der Waals surface area (Å²) < 4.78 is 26.9. The summed E-state index contributed by atoms with van der Waals surface area (Å²) in [6.45, 7) is 1.54. The topological polar surface area (TPSA) is 83.1 Å². The Morgan fingerprint density at radius 2 is 1.96 bits per heavy atom. The van der Waals surface area contributed by atoms with Crippen molar-refractivity contribution in [1.82, 2.24) is 4.31 Å². The number of nitrogens with zero attached hydrogens (tertiary/aromatic N) is 1. The molecule has 1 heterocycles. The molecule has 1 amide bonds. The molecule has 0 radical (unpaired) electrons. The quantitative estimate of drug-likeness (QED) is 0.793. The molecule has 0 bridgehead atoms. The molecule has 7 heteroatoms. The van der Waals surface area contributed by atoms with Gasteiger partial charge >= 0.3 is 0 Å². The molecule has 0 aromatic heterocycles. The normalized spacial score (nSPS) is 19.5. The molecule has 0 unspecified atom stereocenters. The van der Waals surface area contributed by atoms with Crippen LogP contribution in [0.5, 0.6) is 0 Å². The lowest BCUT2D eigenvalue weighted by atomic mass is 10.2. The summed E-state index contributed by atoms with van der Waals surface area (Å²) in [5, 5.41) is 4.82. The smallest absolute Gasteiger partial charge is 0.279 e. The molecule has 0 spiro atoms. The van der Waals surface area contributed by atoms with Gasteiger partial charge in [0.1, 0.15) is 0 Å². The molecule has 1 saturated carbocycles. The molecule has 3 rings (SSSR count). The maximum atomic E-state index is 12.7. The molecule has 2 aliphatic rings. The zero-order chi connectivity index (χ0) is 16.3. The Bertz CT molecular complexity index is 665. The van der Waals surface area contributed by atoms with Gasteiger partial charge in [-0.2, -0.15) is 4.31 Å². The summed E-state index contributed by atoms with van der Waals surface area (Å²) in [5.74, 6) is -0.0931. The second-order valence-electron chi connectivity index (χ2n) is 6.32. The van der Waals surface area contributed by atoms with Gasteiger partial charge in [-0.25, -0.2) is 8.42 Å². The van der Waals surface area contributed by atoms with E-state index in [9.17, 15) is 13.2 Å². The maximum Gasteiger partial charge on any atom is 0.279 e. The van der Waals surface area contributed by atoms with Crippen LogP contribution in [0.15, 0.2) is 29.2 Å². The van der Waals surface area contributed by atoms with Crippen LogP contribution in [-0.2, 0) is 14.8 Å². The highest BCUT2D eigenvalue weighted by Gasteiger charge is 2.27. The van der Waals surface area contributed by atoms with E-state index in [-0.39, 0.29) is 10.8 Å². The van der Waals surface area contributed by atoms with Crippen molar-refractivity contribution >= 4 is 21.6 Å². The van der Waals surface area contributed by atoms with E-state index in [0.29, 0.717) is 31.4 Å². The first-order valence-electron chi connectivity index (χ1n) is 8.29. The standard InChI is InChI=1S/C16H23N3O3S/c20-16(12-17-13-7-8-13)18-14-5-4-6-15(11-14)23(21,22)19-9-2-1-3-10-19/h4-6,11,13,17H,1-3,7-10,12H2,(H,18,20)/p+1. The van der Waals surface area contributed by atoms with Gasteiger partial charge in [0, 0.05) is 31.6 Å². The number of quaternary nitrogens is 1. The van der Waals surface area contributed by atoms with Gasteiger partial charge in [-0.1, -0.05) is 12.5 Å². The van der Waals surface area contributed by atoms with Crippen molar-refractivity contribution < 1.29 is 18.5 Å². The third-order valence-electron chi connectivity index (χ3n) is 4.33. The van der Waals surface area contributed by atoms with Crippen molar-refractivity contribution in [3.63, 3.8) is 0 Å². The summed E-state index contributed by atoms with van der Waals surface area (Å²) in [6.07, 6.45) is 5.26. The van der Waals surface area contributed by atoms with E-state index in [1.807, 2.05) is 5.32 Å². The van der Waals surface area contributed by atoms with Crippen molar-refractivity contribution in [3.8, 4) is 0 Å². The largest absolute Gasteiger partial charge is 0.336 e. The first kappa shape index (κ1) is 16.4. The van der Waals surface area contributed by atoms with Crippen molar-refractivity contribution in [1.29, 1.82) is 0 Å². The second-order valence-corrected chi connectivity index (χ2v) is 8.26. The Morgan fingerprint density at radius 1 is 1.22 bits per heavy atom. The van der Waals surface area contributed by atoms with Crippen LogP contribution in [0, 0.1) is 0 Å². The summed E-state index contributed by atoms with van der Waals surface area (Å²) in [5.41, 5.74) is 0.539. The van der Waals surface area contributed by atoms with Crippen LogP contribution in [0.1, 0.15) is 32.1 Å². The number of amides is 1. The zero-order valence-electron chi connectivity index (χ0n) is 13.2. The number of carbonyl (C=O) groups is 1. The van der Waals surface area contributed by atoms with Crippen LogP contribution < -0.4 is 10.6 Å². The van der Waals surface area contributed by atoms with Gasteiger partial charge in [-0.05, 0) is 31.0 Å². The van der Waals surface area contributed by atoms with Gasteiger partial charge in [-0.15, -0.1) is 0 Å². The van der Waals surface area contributed by atoms with Crippen LogP contribution in [-0.4, -0.2) is 44.3 Å². The number of rotatable bonds is 6. The number of benzene rings is 1. The third kappa shape index (κ3) is 4.31. The highest BCUT2D eigenvalue weighted by molar-refractivity contribution is 7.89. The molecule has 1 aliphatic carbocycles. The number of anilines is 1. The molecule has 23 heavy (non-hydrogen) atoms. The van der Waals surface area contributed by atoms with Crippen molar-refractivity contribution in [2.45, 2.75) is 43.0 Å². The maximum absolute atomic E-state index is 12.7. The Balaban J connectivity index is 1.67. The average Bonchev–Trinajstić information content (AvgIpc) is 3.38. The lowest BCUT2D eigenvalue weighted by molar-refractivity contribution is -0.657. The second kappa shape index (κ2) is 6.98. The van der Waals surface area contributed by atoms with E-state index in [1.165, 1.54) is 17.1 Å². The van der Waals surface area contributed by atoms with Crippen molar-refractivity contribution in [3.05, 3.63) is 24.3 Å². The summed E-state index contributed by atoms with van der Waals surface area (Å²) in [6, 6.07) is 7.14. The van der Waals surface area contributed by atoms with Crippen molar-refractivity contribution in [2.24, 2.45) is 0 Å². The number of hydrogen-bond acceptors (Lipinski definition) is 3. The Labute approximate surface area is 137 Å². The fourth-order valence-corrected chi connectivity index (χ4v) is 4.37. The van der Waals surface area contributed by atoms with Gasteiger partial charge in [0.05, 0.1) is 10.9 Å². The third-order valence-corrected chi connectivity index (χ3v) is 6.22. The van der Waals surface area contributed by atoms with E-state index < -0.39 is 10.0 Å². The van der Waals surface area contributed by atoms with Gasteiger partial charge in [0.25, 0.3) is 5.91 Å². The van der Waals surface area contributed by atoms with Crippen LogP contribution >= 0.6 is 0 Å². The number of hydrogen-bond donors (Lipinski definition) is 2. The van der Waals surface area contributed by atoms with Gasteiger partial charge < -0.3 is 10.6 Å². The molecular weight excluding hydrogens is 314 g/mol. The predicted octanol–water partition coefficient (Wildman–Crippen LogP) is 0.526. The van der Waals surface area contributed by atoms with Gasteiger partial charge in [-0.3, -0.25) is 4.79 Å². The fraction of sp³-hybridized carbons (Fsp3) is 0.562. The van der Waals surface area contributed by atoms with Gasteiger partial charge in [0.2, 0.25) is 10.0 Å². The van der Waals surface area contributed by atoms with E-state index in [4.69, 9.17) is 0 Å². The molecular formula is C16H24N3O3S+. The van der Waals surface area contributed by atoms with E-state index in [2.05, 4.69) is 5.32 Å². The predicted molar refractivity (Wildman–Crippen MR) is 87.5 cm³/mol. The molecule has 1 aliphatic heterocycles. The zero-order valence-corrected chi connectivity index (χ0v) is 14.0. The number of piperidine rings is 1. The first-order valence-corrected chi connectivity index (χ1v) is 9.73. The average molecular weight is 338 g/mol. The number of nitrogens with two attached hydrogens (primary N) is 1. The number of nitrogens with one attached hydrogen (secondary N) is 1. The number of sulfonamides is 1. The lowest BCUT2D eigenvalue weighted by Crippen LogP contribution is -2.87. The van der Waals surface area contributed by atoms with Crippen molar-refractivity contribution in [2.75, 3.05) is 25.0 Å². The van der Waals surface area contributed by atoms with Crippen LogP contribution in [0.3, 0.4) is 0 Å². The Morgan fingerprint density at radius 3 is 2.65 bits per heavy atom. The lowest BCUT2D eigenvalue weighted by Gasteiger charge is -2.26. The Hall–Kier alpha value is -1.44. The molecule has 3 N–H and O–H groups in total. The molecule has 1 aromatic rings. The summed E-state index contributed by atoms with van der Waals surface area (Å²) in [4.78, 5) is 12.2. The number of carbonyl (C=O) groups excluding carboxylic acids is 1. The molecule has 0 atom stereocenters. The van der Waals surface area contributed by atoms with E-state index >= 15 is 0 Å². The minimum Gasteiger partial charge on any atom is -0.336 e. The highest BCUT2D eigenvalue weighted by atomic mass is 32.2. The minimum atomic E-state index is -3.46. The minimum absolute atomic E-state index is 0.0931. The first-order chi connectivity index (χ1) is 11.1.